The van der Waals surface area contributed by atoms with Crippen molar-refractivity contribution in [3.63, 3.8) is 0 Å². The van der Waals surface area contributed by atoms with Crippen molar-refractivity contribution in [3.8, 4) is 0 Å². The predicted molar refractivity (Wildman–Crippen MR) is 117 cm³/mol. The monoisotopic (exact) mass is 441 g/mol. The van der Waals surface area contributed by atoms with Gasteiger partial charge in [0, 0.05) is 36.1 Å². The van der Waals surface area contributed by atoms with E-state index in [0.717, 1.165) is 12.0 Å². The number of nitrogens with zero attached hydrogens (tertiary/aromatic N) is 3. The van der Waals surface area contributed by atoms with Crippen LogP contribution in [0.5, 0.6) is 0 Å². The molecule has 0 atom stereocenters. The summed E-state index contributed by atoms with van der Waals surface area (Å²) in [4.78, 5) is 17.9. The lowest BCUT2D eigenvalue weighted by Gasteiger charge is -2.25. The molecule has 1 aliphatic rings. The minimum atomic E-state index is -3.86. The van der Waals surface area contributed by atoms with Gasteiger partial charge >= 0.3 is 0 Å². The van der Waals surface area contributed by atoms with Gasteiger partial charge in [-0.1, -0.05) is 17.7 Å². The quantitative estimate of drug-likeness (QED) is 0.573. The van der Waals surface area contributed by atoms with Gasteiger partial charge < -0.3 is 4.90 Å². The van der Waals surface area contributed by atoms with E-state index in [1.165, 1.54) is 4.31 Å². The van der Waals surface area contributed by atoms with E-state index in [9.17, 15) is 13.2 Å². The van der Waals surface area contributed by atoms with Crippen LogP contribution in [0.2, 0.25) is 5.02 Å². The Morgan fingerprint density at radius 3 is 2.37 bits per heavy atom. The second-order valence-electron chi connectivity index (χ2n) is 6.99. The Morgan fingerprint density at radius 1 is 1.03 bits per heavy atom. The standard InChI is InChI=1S/C22H20ClN3O3S/c23-18-5-7-20(8-6-18)26(16-17-3-1-13-24-15-17)30(28,29)21-11-9-19(10-12-21)25-14-2-4-22(25)27/h1,3,5-13,15H,2,4,14,16H2. The van der Waals surface area contributed by atoms with Gasteiger partial charge in [-0.05, 0) is 66.6 Å². The molecule has 4 rings (SSSR count). The molecule has 0 unspecified atom stereocenters. The number of carbonyl (C=O) groups excluding carboxylic acids is 1. The molecule has 0 radical (unpaired) electrons. The largest absolute Gasteiger partial charge is 0.312 e. The lowest BCUT2D eigenvalue weighted by molar-refractivity contribution is -0.117. The fourth-order valence-corrected chi connectivity index (χ4v) is 5.01. The van der Waals surface area contributed by atoms with Gasteiger partial charge in [0.15, 0.2) is 0 Å². The van der Waals surface area contributed by atoms with Crippen molar-refractivity contribution in [2.24, 2.45) is 0 Å². The summed E-state index contributed by atoms with van der Waals surface area (Å²) in [5.74, 6) is 0.0602. The number of hydrogen-bond donors (Lipinski definition) is 0. The number of amides is 1. The lowest BCUT2D eigenvalue weighted by Crippen LogP contribution is -2.30. The van der Waals surface area contributed by atoms with Gasteiger partial charge in [0.2, 0.25) is 5.91 Å². The summed E-state index contributed by atoms with van der Waals surface area (Å²) in [5.41, 5.74) is 1.97. The first-order chi connectivity index (χ1) is 14.4. The summed E-state index contributed by atoms with van der Waals surface area (Å²) in [7, 11) is -3.86. The zero-order chi connectivity index (χ0) is 21.1. The van der Waals surface area contributed by atoms with E-state index < -0.39 is 10.0 Å². The molecule has 0 spiro atoms. The van der Waals surface area contributed by atoms with Gasteiger partial charge in [0.1, 0.15) is 0 Å². The Labute approximate surface area is 180 Å². The van der Waals surface area contributed by atoms with Crippen LogP contribution in [0, 0.1) is 0 Å². The number of halogens is 1. The molecule has 30 heavy (non-hydrogen) atoms. The molecule has 2 heterocycles. The molecule has 8 heteroatoms. The van der Waals surface area contributed by atoms with Gasteiger partial charge in [0.25, 0.3) is 10.0 Å². The van der Waals surface area contributed by atoms with E-state index in [0.29, 0.717) is 29.4 Å². The minimum Gasteiger partial charge on any atom is -0.312 e. The van der Waals surface area contributed by atoms with Gasteiger partial charge in [-0.25, -0.2) is 8.42 Å². The SMILES string of the molecule is O=C1CCCN1c1ccc(S(=O)(=O)N(Cc2cccnc2)c2ccc(Cl)cc2)cc1. The molecule has 1 aromatic heterocycles. The molecule has 0 bridgehead atoms. The van der Waals surface area contributed by atoms with E-state index >= 15 is 0 Å². The summed E-state index contributed by atoms with van der Waals surface area (Å²) in [5, 5.41) is 0.525. The molecule has 154 valence electrons. The topological polar surface area (TPSA) is 70.6 Å². The molecule has 1 aliphatic heterocycles. The first-order valence-electron chi connectivity index (χ1n) is 9.53. The average Bonchev–Trinajstić information content (AvgIpc) is 3.19. The second kappa shape index (κ2) is 8.45. The van der Waals surface area contributed by atoms with Crippen LogP contribution in [0.15, 0.2) is 78.0 Å². The molecular formula is C22H20ClN3O3S. The molecule has 0 N–H and O–H groups in total. The minimum absolute atomic E-state index is 0.0602. The van der Waals surface area contributed by atoms with Crippen LogP contribution in [0.25, 0.3) is 0 Å². The van der Waals surface area contributed by atoms with E-state index in [1.807, 2.05) is 6.07 Å². The first-order valence-corrected chi connectivity index (χ1v) is 11.3. The van der Waals surface area contributed by atoms with Gasteiger partial charge in [0.05, 0.1) is 17.1 Å². The molecule has 3 aromatic rings. The first kappa shape index (κ1) is 20.4. The van der Waals surface area contributed by atoms with Crippen molar-refractivity contribution in [2.45, 2.75) is 24.3 Å². The Balaban J connectivity index is 1.69. The highest BCUT2D eigenvalue weighted by Gasteiger charge is 2.27. The van der Waals surface area contributed by atoms with Crippen LogP contribution >= 0.6 is 11.6 Å². The van der Waals surface area contributed by atoms with E-state index in [-0.39, 0.29) is 17.3 Å². The number of rotatable bonds is 6. The van der Waals surface area contributed by atoms with Crippen molar-refractivity contribution in [1.29, 1.82) is 0 Å². The highest BCUT2D eigenvalue weighted by atomic mass is 35.5. The number of hydrogen-bond acceptors (Lipinski definition) is 4. The number of carbonyl (C=O) groups is 1. The van der Waals surface area contributed by atoms with Crippen molar-refractivity contribution in [2.75, 3.05) is 15.7 Å². The third kappa shape index (κ3) is 4.17. The number of benzene rings is 2. The van der Waals surface area contributed by atoms with E-state index in [2.05, 4.69) is 4.98 Å². The highest BCUT2D eigenvalue weighted by molar-refractivity contribution is 7.92. The molecule has 2 aromatic carbocycles. The lowest BCUT2D eigenvalue weighted by atomic mass is 10.2. The molecular weight excluding hydrogens is 422 g/mol. The molecule has 6 nitrogen and oxygen atoms in total. The van der Waals surface area contributed by atoms with Crippen molar-refractivity contribution >= 4 is 38.9 Å². The van der Waals surface area contributed by atoms with Crippen LogP contribution in [0.1, 0.15) is 18.4 Å². The normalized spacial score (nSPS) is 14.2. The van der Waals surface area contributed by atoms with Crippen LogP contribution < -0.4 is 9.21 Å². The summed E-state index contributed by atoms with van der Waals surface area (Å²) in [6.07, 6.45) is 4.62. The van der Waals surface area contributed by atoms with Crippen molar-refractivity contribution in [1.82, 2.24) is 4.98 Å². The third-order valence-electron chi connectivity index (χ3n) is 4.97. The Morgan fingerprint density at radius 2 is 1.77 bits per heavy atom. The van der Waals surface area contributed by atoms with E-state index in [1.54, 1.807) is 71.9 Å². The third-order valence-corrected chi connectivity index (χ3v) is 7.01. The van der Waals surface area contributed by atoms with Crippen LogP contribution in [-0.4, -0.2) is 25.9 Å². The maximum atomic E-state index is 13.5. The summed E-state index contributed by atoms with van der Waals surface area (Å²) >= 11 is 5.99. The number of anilines is 2. The molecule has 1 fully saturated rings. The molecule has 0 aliphatic carbocycles. The van der Waals surface area contributed by atoms with Crippen LogP contribution in [0.3, 0.4) is 0 Å². The van der Waals surface area contributed by atoms with Gasteiger partial charge in [-0.2, -0.15) is 0 Å². The predicted octanol–water partition coefficient (Wildman–Crippen LogP) is 4.26. The van der Waals surface area contributed by atoms with Crippen LogP contribution in [-0.2, 0) is 21.4 Å². The summed E-state index contributed by atoms with van der Waals surface area (Å²) < 4.78 is 28.4. The fraction of sp³-hybridized carbons (Fsp3) is 0.182. The number of pyridine rings is 1. The van der Waals surface area contributed by atoms with Crippen LogP contribution in [0.4, 0.5) is 11.4 Å². The maximum absolute atomic E-state index is 13.5. The number of aromatic nitrogens is 1. The van der Waals surface area contributed by atoms with Gasteiger partial charge in [-0.15, -0.1) is 0 Å². The average molecular weight is 442 g/mol. The smallest absolute Gasteiger partial charge is 0.264 e. The summed E-state index contributed by atoms with van der Waals surface area (Å²) in [6.45, 7) is 0.785. The number of sulfonamides is 1. The molecule has 0 saturated carbocycles. The second-order valence-corrected chi connectivity index (χ2v) is 9.29. The molecule has 1 saturated heterocycles. The highest BCUT2D eigenvalue weighted by Crippen LogP contribution is 2.29. The maximum Gasteiger partial charge on any atom is 0.264 e. The zero-order valence-corrected chi connectivity index (χ0v) is 17.7. The van der Waals surface area contributed by atoms with Crippen molar-refractivity contribution < 1.29 is 13.2 Å². The Bertz CT molecular complexity index is 1130. The Kier molecular flexibility index (Phi) is 5.74. The zero-order valence-electron chi connectivity index (χ0n) is 16.1. The van der Waals surface area contributed by atoms with Crippen molar-refractivity contribution in [3.05, 3.63) is 83.6 Å². The van der Waals surface area contributed by atoms with Gasteiger partial charge in [-0.3, -0.25) is 14.1 Å². The fourth-order valence-electron chi connectivity index (χ4n) is 3.43. The molecule has 1 amide bonds. The van der Waals surface area contributed by atoms with E-state index in [4.69, 9.17) is 11.6 Å². The Hall–Kier alpha value is -2.90. The summed E-state index contributed by atoms with van der Waals surface area (Å²) in [6, 6.07) is 16.7.